The van der Waals surface area contributed by atoms with Gasteiger partial charge in [-0.05, 0) is 11.1 Å². The first-order chi connectivity index (χ1) is 6.34. The molecule has 1 aromatic carbocycles. The van der Waals surface area contributed by atoms with Gasteiger partial charge in [-0.1, -0.05) is 24.3 Å². The van der Waals surface area contributed by atoms with Crippen molar-refractivity contribution in [2.45, 2.75) is 25.0 Å². The quantitative estimate of drug-likeness (QED) is 0.602. The Morgan fingerprint density at radius 2 is 1.62 bits per heavy atom. The zero-order chi connectivity index (χ0) is 8.84. The van der Waals surface area contributed by atoms with Crippen molar-refractivity contribution in [1.82, 2.24) is 0 Å². The molecule has 0 aliphatic carbocycles. The zero-order valence-electron chi connectivity index (χ0n) is 7.19. The summed E-state index contributed by atoms with van der Waals surface area (Å²) in [6, 6.07) is 8.15. The Kier molecular flexibility index (Phi) is 1.35. The van der Waals surface area contributed by atoms with E-state index < -0.39 is 0 Å². The molecule has 2 aliphatic heterocycles. The number of hydrogen-bond acceptors (Lipinski definition) is 2. The van der Waals surface area contributed by atoms with Crippen LogP contribution in [-0.4, -0.2) is 5.78 Å². The Hall–Kier alpha value is -1.15. The molecule has 0 radical (unpaired) electrons. The largest absolute Gasteiger partial charge is 0.365 e. The third kappa shape index (κ3) is 0.954. The molecule has 2 nitrogen and oxygen atoms in total. The smallest absolute Gasteiger partial charge is 0.138 e. The van der Waals surface area contributed by atoms with Crippen molar-refractivity contribution in [3.05, 3.63) is 35.4 Å². The first-order valence-electron chi connectivity index (χ1n) is 4.60. The topological polar surface area (TPSA) is 26.3 Å². The number of Topliss-reactive ketones (excluding diaryl/α,β-unsaturated/α-hetero) is 1. The second-order valence-electron chi connectivity index (χ2n) is 3.69. The summed E-state index contributed by atoms with van der Waals surface area (Å²) in [5.41, 5.74) is 2.44. The molecule has 0 amide bonds. The van der Waals surface area contributed by atoms with E-state index >= 15 is 0 Å². The maximum Gasteiger partial charge on any atom is 0.138 e. The Morgan fingerprint density at radius 1 is 1.08 bits per heavy atom. The third-order valence-electron chi connectivity index (χ3n) is 2.84. The molecule has 2 heterocycles. The van der Waals surface area contributed by atoms with Crippen LogP contribution in [0.15, 0.2) is 24.3 Å². The number of carbonyl (C=O) groups is 1. The number of benzene rings is 1. The highest BCUT2D eigenvalue weighted by Crippen LogP contribution is 2.46. The van der Waals surface area contributed by atoms with Crippen molar-refractivity contribution in [2.75, 3.05) is 0 Å². The van der Waals surface area contributed by atoms with Gasteiger partial charge in [0.25, 0.3) is 0 Å². The monoisotopic (exact) mass is 174 g/mol. The minimum absolute atomic E-state index is 0.0439. The van der Waals surface area contributed by atoms with Gasteiger partial charge >= 0.3 is 0 Å². The average molecular weight is 174 g/mol. The van der Waals surface area contributed by atoms with Crippen molar-refractivity contribution < 1.29 is 9.53 Å². The lowest BCUT2D eigenvalue weighted by molar-refractivity contribution is -0.133. The zero-order valence-corrected chi connectivity index (χ0v) is 7.19. The van der Waals surface area contributed by atoms with Gasteiger partial charge in [-0.15, -0.1) is 0 Å². The molecule has 66 valence electrons. The van der Waals surface area contributed by atoms with Crippen LogP contribution in [0, 0.1) is 0 Å². The van der Waals surface area contributed by atoms with Gasteiger partial charge in [-0.2, -0.15) is 0 Å². The lowest BCUT2D eigenvalue weighted by Gasteiger charge is -2.18. The molecule has 0 saturated carbocycles. The van der Waals surface area contributed by atoms with E-state index in [0.717, 1.165) is 0 Å². The summed E-state index contributed by atoms with van der Waals surface area (Å²) in [5, 5.41) is 0. The molecule has 3 rings (SSSR count). The number of rotatable bonds is 0. The fourth-order valence-corrected chi connectivity index (χ4v) is 2.26. The van der Waals surface area contributed by atoms with Crippen molar-refractivity contribution in [1.29, 1.82) is 0 Å². The lowest BCUT2D eigenvalue weighted by atomic mass is 10.0. The minimum atomic E-state index is 0.0439. The molecular weight excluding hydrogens is 164 g/mol. The van der Waals surface area contributed by atoms with E-state index in [4.69, 9.17) is 4.74 Å². The summed E-state index contributed by atoms with van der Waals surface area (Å²) < 4.78 is 5.72. The first-order valence-corrected chi connectivity index (χ1v) is 4.60. The second kappa shape index (κ2) is 2.42. The standard InChI is InChI=1S/C11H10O2/c12-7-5-10-8-3-1-2-4-9(8)11(6-7)13-10/h1-4,10-11H,5-6H2/t10-,11+. The Bertz CT molecular complexity index is 337. The van der Waals surface area contributed by atoms with Crippen molar-refractivity contribution in [2.24, 2.45) is 0 Å². The highest BCUT2D eigenvalue weighted by Gasteiger charge is 2.38. The van der Waals surface area contributed by atoms with Gasteiger partial charge in [0.2, 0.25) is 0 Å². The van der Waals surface area contributed by atoms with E-state index in [1.807, 2.05) is 12.1 Å². The van der Waals surface area contributed by atoms with E-state index in [-0.39, 0.29) is 12.2 Å². The van der Waals surface area contributed by atoms with Crippen LogP contribution in [0.1, 0.15) is 36.2 Å². The van der Waals surface area contributed by atoms with Gasteiger partial charge in [0.05, 0.1) is 12.2 Å². The summed E-state index contributed by atoms with van der Waals surface area (Å²) in [4.78, 5) is 11.3. The van der Waals surface area contributed by atoms with E-state index in [1.165, 1.54) is 11.1 Å². The molecule has 0 aromatic heterocycles. The molecule has 1 aromatic rings. The predicted molar refractivity (Wildman–Crippen MR) is 47.3 cm³/mol. The average Bonchev–Trinajstić information content (AvgIpc) is 2.41. The molecule has 2 aliphatic rings. The number of ketones is 1. The van der Waals surface area contributed by atoms with Crippen LogP contribution in [0.25, 0.3) is 0 Å². The molecule has 1 fully saturated rings. The number of carbonyl (C=O) groups excluding carboxylic acids is 1. The molecule has 13 heavy (non-hydrogen) atoms. The van der Waals surface area contributed by atoms with Crippen LogP contribution in [0.3, 0.4) is 0 Å². The van der Waals surface area contributed by atoms with Gasteiger partial charge < -0.3 is 4.74 Å². The van der Waals surface area contributed by atoms with Crippen LogP contribution < -0.4 is 0 Å². The highest BCUT2D eigenvalue weighted by atomic mass is 16.5. The molecule has 0 N–H and O–H groups in total. The number of ether oxygens (including phenoxy) is 1. The van der Waals surface area contributed by atoms with Crippen LogP contribution in [-0.2, 0) is 9.53 Å². The van der Waals surface area contributed by atoms with Crippen LogP contribution in [0.4, 0.5) is 0 Å². The molecule has 0 unspecified atom stereocenters. The van der Waals surface area contributed by atoms with Crippen molar-refractivity contribution >= 4 is 5.78 Å². The van der Waals surface area contributed by atoms with Gasteiger partial charge in [-0.3, -0.25) is 4.79 Å². The second-order valence-corrected chi connectivity index (χ2v) is 3.69. The van der Waals surface area contributed by atoms with Crippen LogP contribution in [0.2, 0.25) is 0 Å². The molecule has 2 heteroatoms. The molecule has 1 saturated heterocycles. The predicted octanol–water partition coefficient (Wildman–Crippen LogP) is 2.16. The van der Waals surface area contributed by atoms with Gasteiger partial charge in [0, 0.05) is 12.8 Å². The lowest BCUT2D eigenvalue weighted by Crippen LogP contribution is -2.15. The maximum atomic E-state index is 11.3. The maximum absolute atomic E-state index is 11.3. The Labute approximate surface area is 76.5 Å². The Morgan fingerprint density at radius 3 is 2.15 bits per heavy atom. The van der Waals surface area contributed by atoms with Gasteiger partial charge in [0.15, 0.2) is 0 Å². The molecule has 2 bridgehead atoms. The van der Waals surface area contributed by atoms with Gasteiger partial charge in [-0.25, -0.2) is 0 Å². The third-order valence-corrected chi connectivity index (χ3v) is 2.84. The van der Waals surface area contributed by atoms with Gasteiger partial charge in [0.1, 0.15) is 5.78 Å². The van der Waals surface area contributed by atoms with E-state index in [2.05, 4.69) is 12.1 Å². The van der Waals surface area contributed by atoms with Crippen LogP contribution >= 0.6 is 0 Å². The number of hydrogen-bond donors (Lipinski definition) is 0. The molecule has 2 atom stereocenters. The minimum Gasteiger partial charge on any atom is -0.365 e. The fourth-order valence-electron chi connectivity index (χ4n) is 2.26. The Balaban J connectivity index is 2.14. The SMILES string of the molecule is O=C1C[C@@H]2O[C@H](C1)c1ccccc12. The number of fused-ring (bicyclic) bond motifs is 5. The van der Waals surface area contributed by atoms with E-state index in [9.17, 15) is 4.79 Å². The summed E-state index contributed by atoms with van der Waals surface area (Å²) >= 11 is 0. The molecular formula is C11H10O2. The van der Waals surface area contributed by atoms with Crippen molar-refractivity contribution in [3.63, 3.8) is 0 Å². The van der Waals surface area contributed by atoms with Crippen LogP contribution in [0.5, 0.6) is 0 Å². The van der Waals surface area contributed by atoms with E-state index in [0.29, 0.717) is 18.6 Å². The summed E-state index contributed by atoms with van der Waals surface area (Å²) in [5.74, 6) is 0.331. The molecule has 0 spiro atoms. The van der Waals surface area contributed by atoms with Crippen molar-refractivity contribution in [3.8, 4) is 0 Å². The first kappa shape index (κ1) is 7.27. The highest BCUT2D eigenvalue weighted by molar-refractivity contribution is 5.81. The summed E-state index contributed by atoms with van der Waals surface area (Å²) in [6.07, 6.45) is 1.21. The van der Waals surface area contributed by atoms with E-state index in [1.54, 1.807) is 0 Å². The fraction of sp³-hybridized carbons (Fsp3) is 0.364. The normalized spacial score (nSPS) is 30.3. The summed E-state index contributed by atoms with van der Waals surface area (Å²) in [6.45, 7) is 0. The summed E-state index contributed by atoms with van der Waals surface area (Å²) in [7, 11) is 0.